The largest absolute Gasteiger partial charge is 0.377 e. The third kappa shape index (κ3) is 3.09. The summed E-state index contributed by atoms with van der Waals surface area (Å²) < 4.78 is 7.68. The fraction of sp³-hybridized carbons (Fsp3) is 0.636. The van der Waals surface area contributed by atoms with Crippen molar-refractivity contribution >= 4 is 11.8 Å². The summed E-state index contributed by atoms with van der Waals surface area (Å²) in [6, 6.07) is 0. The van der Waals surface area contributed by atoms with E-state index in [9.17, 15) is 0 Å². The Kier molecular flexibility index (Phi) is 4.42. The number of hydrogen-bond donors (Lipinski definition) is 0. The highest BCUT2D eigenvalue weighted by atomic mass is 32.2. The van der Waals surface area contributed by atoms with E-state index in [1.54, 1.807) is 18.1 Å². The Balaban J connectivity index is 1.83. The molecule has 0 radical (unpaired) electrons. The molecule has 88 valence electrons. The first-order chi connectivity index (χ1) is 7.90. The average molecular weight is 239 g/mol. The summed E-state index contributed by atoms with van der Waals surface area (Å²) in [6.45, 7) is 5.39. The Morgan fingerprint density at radius 1 is 1.62 bits per heavy atom. The number of rotatable bonds is 5. The SMILES string of the molecule is C=CCn1cnnc1SCC1CCCCO1. The highest BCUT2D eigenvalue weighted by Crippen LogP contribution is 2.21. The van der Waals surface area contributed by atoms with Crippen LogP contribution in [0.25, 0.3) is 0 Å². The maximum absolute atomic E-state index is 5.68. The maximum Gasteiger partial charge on any atom is 0.191 e. The molecule has 1 aliphatic heterocycles. The highest BCUT2D eigenvalue weighted by Gasteiger charge is 2.15. The van der Waals surface area contributed by atoms with Gasteiger partial charge in [-0.05, 0) is 19.3 Å². The van der Waals surface area contributed by atoms with E-state index in [-0.39, 0.29) is 0 Å². The van der Waals surface area contributed by atoms with Crippen LogP contribution in [0.5, 0.6) is 0 Å². The van der Waals surface area contributed by atoms with Gasteiger partial charge in [0.1, 0.15) is 6.33 Å². The second-order valence-electron chi connectivity index (χ2n) is 3.85. The van der Waals surface area contributed by atoms with Crippen molar-refractivity contribution in [2.24, 2.45) is 0 Å². The summed E-state index contributed by atoms with van der Waals surface area (Å²) in [7, 11) is 0. The standard InChI is InChI=1S/C11H17N3OS/c1-2-6-14-9-12-13-11(14)16-8-10-5-3-4-7-15-10/h2,9-10H,1,3-8H2. The second kappa shape index (κ2) is 6.06. The van der Waals surface area contributed by atoms with Gasteiger partial charge in [-0.25, -0.2) is 0 Å². The van der Waals surface area contributed by atoms with E-state index in [0.29, 0.717) is 6.10 Å². The molecule has 0 bridgehead atoms. The van der Waals surface area contributed by atoms with Crippen molar-refractivity contribution in [1.29, 1.82) is 0 Å². The zero-order valence-corrected chi connectivity index (χ0v) is 10.2. The molecular formula is C11H17N3OS. The van der Waals surface area contributed by atoms with Crippen LogP contribution in [-0.4, -0.2) is 33.2 Å². The minimum absolute atomic E-state index is 0.382. The van der Waals surface area contributed by atoms with Crippen molar-refractivity contribution < 1.29 is 4.74 Å². The lowest BCUT2D eigenvalue weighted by atomic mass is 10.1. The molecule has 0 spiro atoms. The molecule has 16 heavy (non-hydrogen) atoms. The smallest absolute Gasteiger partial charge is 0.191 e. The second-order valence-corrected chi connectivity index (χ2v) is 4.84. The summed E-state index contributed by atoms with van der Waals surface area (Å²) in [5.74, 6) is 0.968. The predicted octanol–water partition coefficient (Wildman–Crippen LogP) is 2.13. The molecule has 1 atom stereocenters. The number of allylic oxidation sites excluding steroid dienone is 1. The van der Waals surface area contributed by atoms with Crippen LogP contribution in [0.4, 0.5) is 0 Å². The third-order valence-corrected chi connectivity index (χ3v) is 3.69. The first-order valence-corrected chi connectivity index (χ1v) is 6.62. The molecule has 1 fully saturated rings. The average Bonchev–Trinajstić information content (AvgIpc) is 2.76. The Bertz CT molecular complexity index is 334. The molecule has 0 aliphatic carbocycles. The van der Waals surface area contributed by atoms with Gasteiger partial charge in [0.25, 0.3) is 0 Å². The molecular weight excluding hydrogens is 222 g/mol. The van der Waals surface area contributed by atoms with Gasteiger partial charge in [-0.2, -0.15) is 0 Å². The van der Waals surface area contributed by atoms with Crippen molar-refractivity contribution in [3.8, 4) is 0 Å². The lowest BCUT2D eigenvalue weighted by Gasteiger charge is -2.21. The molecule has 2 heterocycles. The van der Waals surface area contributed by atoms with Crippen LogP contribution in [0.3, 0.4) is 0 Å². The lowest BCUT2D eigenvalue weighted by Crippen LogP contribution is -2.21. The predicted molar refractivity (Wildman–Crippen MR) is 64.5 cm³/mol. The van der Waals surface area contributed by atoms with Crippen molar-refractivity contribution in [1.82, 2.24) is 14.8 Å². The topological polar surface area (TPSA) is 39.9 Å². The van der Waals surface area contributed by atoms with Gasteiger partial charge in [-0.1, -0.05) is 17.8 Å². The quantitative estimate of drug-likeness (QED) is 0.583. The molecule has 0 aromatic carbocycles. The molecule has 1 aromatic rings. The van der Waals surface area contributed by atoms with E-state index in [1.807, 2.05) is 10.6 Å². The van der Waals surface area contributed by atoms with Crippen LogP contribution in [0.15, 0.2) is 24.1 Å². The van der Waals surface area contributed by atoms with E-state index < -0.39 is 0 Å². The number of ether oxygens (including phenoxy) is 1. The molecule has 1 aliphatic rings. The normalized spacial score (nSPS) is 20.9. The summed E-state index contributed by atoms with van der Waals surface area (Å²) in [6.07, 6.45) is 7.63. The van der Waals surface area contributed by atoms with Gasteiger partial charge < -0.3 is 9.30 Å². The molecule has 1 saturated heterocycles. The van der Waals surface area contributed by atoms with Crippen LogP contribution in [0, 0.1) is 0 Å². The minimum atomic E-state index is 0.382. The summed E-state index contributed by atoms with van der Waals surface area (Å²) in [5, 5.41) is 8.95. The zero-order chi connectivity index (χ0) is 11.2. The van der Waals surface area contributed by atoms with E-state index in [0.717, 1.165) is 24.1 Å². The van der Waals surface area contributed by atoms with Crippen LogP contribution < -0.4 is 0 Å². The summed E-state index contributed by atoms with van der Waals surface area (Å²) in [5.41, 5.74) is 0. The van der Waals surface area contributed by atoms with Gasteiger partial charge in [0.2, 0.25) is 0 Å². The molecule has 5 heteroatoms. The van der Waals surface area contributed by atoms with Crippen molar-refractivity contribution in [3.63, 3.8) is 0 Å². The fourth-order valence-corrected chi connectivity index (χ4v) is 2.72. The Morgan fingerprint density at radius 2 is 2.56 bits per heavy atom. The number of thioether (sulfide) groups is 1. The number of hydrogen-bond acceptors (Lipinski definition) is 4. The van der Waals surface area contributed by atoms with Gasteiger partial charge in [0.05, 0.1) is 6.10 Å². The summed E-state index contributed by atoms with van der Waals surface area (Å²) in [4.78, 5) is 0. The van der Waals surface area contributed by atoms with Crippen molar-refractivity contribution in [2.75, 3.05) is 12.4 Å². The van der Waals surface area contributed by atoms with Crippen LogP contribution in [0.1, 0.15) is 19.3 Å². The fourth-order valence-electron chi connectivity index (χ4n) is 1.73. The van der Waals surface area contributed by atoms with Gasteiger partial charge in [0.15, 0.2) is 5.16 Å². The minimum Gasteiger partial charge on any atom is -0.377 e. The number of aromatic nitrogens is 3. The summed E-state index contributed by atoms with van der Waals surface area (Å²) >= 11 is 1.72. The number of nitrogens with zero attached hydrogens (tertiary/aromatic N) is 3. The molecule has 2 rings (SSSR count). The first kappa shape index (κ1) is 11.7. The first-order valence-electron chi connectivity index (χ1n) is 5.63. The zero-order valence-electron chi connectivity index (χ0n) is 9.34. The van der Waals surface area contributed by atoms with Crippen LogP contribution in [-0.2, 0) is 11.3 Å². The van der Waals surface area contributed by atoms with E-state index in [2.05, 4.69) is 16.8 Å². The van der Waals surface area contributed by atoms with E-state index >= 15 is 0 Å². The van der Waals surface area contributed by atoms with Crippen LogP contribution in [0.2, 0.25) is 0 Å². The third-order valence-electron chi connectivity index (χ3n) is 2.58. The molecule has 0 N–H and O–H groups in total. The monoisotopic (exact) mass is 239 g/mol. The molecule has 4 nitrogen and oxygen atoms in total. The van der Waals surface area contributed by atoms with Gasteiger partial charge in [0, 0.05) is 18.9 Å². The van der Waals surface area contributed by atoms with E-state index in [1.165, 1.54) is 19.3 Å². The van der Waals surface area contributed by atoms with Gasteiger partial charge in [-0.15, -0.1) is 16.8 Å². The Labute approximate surface area is 100 Å². The van der Waals surface area contributed by atoms with E-state index in [4.69, 9.17) is 4.74 Å². The molecule has 1 unspecified atom stereocenters. The van der Waals surface area contributed by atoms with Crippen molar-refractivity contribution in [2.45, 2.75) is 37.1 Å². The Morgan fingerprint density at radius 3 is 3.31 bits per heavy atom. The maximum atomic E-state index is 5.68. The molecule has 0 saturated carbocycles. The van der Waals surface area contributed by atoms with Crippen LogP contribution >= 0.6 is 11.8 Å². The van der Waals surface area contributed by atoms with Gasteiger partial charge >= 0.3 is 0 Å². The Hall–Kier alpha value is -0.810. The van der Waals surface area contributed by atoms with Gasteiger partial charge in [-0.3, -0.25) is 0 Å². The molecule has 1 aromatic heterocycles. The molecule has 0 amide bonds. The highest BCUT2D eigenvalue weighted by molar-refractivity contribution is 7.99. The lowest BCUT2D eigenvalue weighted by molar-refractivity contribution is 0.0315. The van der Waals surface area contributed by atoms with Crippen molar-refractivity contribution in [3.05, 3.63) is 19.0 Å².